The van der Waals surface area contributed by atoms with Gasteiger partial charge in [0.25, 0.3) is 0 Å². The van der Waals surface area contributed by atoms with Crippen LogP contribution in [-0.2, 0) is 16.6 Å². The average Bonchev–Trinajstić information content (AvgIpc) is 2.24. The summed E-state index contributed by atoms with van der Waals surface area (Å²) >= 11 is 11.9. The van der Waals surface area contributed by atoms with Gasteiger partial charge in [-0.05, 0) is 25.5 Å². The van der Waals surface area contributed by atoms with Gasteiger partial charge in [0.2, 0.25) is 10.0 Å². The van der Waals surface area contributed by atoms with E-state index in [1.165, 1.54) is 11.4 Å². The third-order valence-corrected chi connectivity index (χ3v) is 5.50. The highest BCUT2D eigenvalue weighted by atomic mass is 35.5. The summed E-state index contributed by atoms with van der Waals surface area (Å²) in [5, 5.41) is 0.380. The summed E-state index contributed by atoms with van der Waals surface area (Å²) in [5.41, 5.74) is 0.700. The molecule has 0 aromatic heterocycles. The second-order valence-corrected chi connectivity index (χ2v) is 7.44. The quantitative estimate of drug-likeness (QED) is 0.856. The molecule has 0 aliphatic carbocycles. The number of sulfonamides is 1. The summed E-state index contributed by atoms with van der Waals surface area (Å²) in [4.78, 5) is 0. The first-order valence-corrected chi connectivity index (χ1v) is 7.40. The number of hydrogen-bond donors (Lipinski definition) is 0. The average molecular weight is 296 g/mol. The predicted molar refractivity (Wildman–Crippen MR) is 72.0 cm³/mol. The summed E-state index contributed by atoms with van der Waals surface area (Å²) in [6.07, 6.45) is 0. The molecule has 3 nitrogen and oxygen atoms in total. The predicted octanol–water partition coefficient (Wildman–Crippen LogP) is 3.16. The number of nitrogens with zero attached hydrogens (tertiary/aromatic N) is 1. The van der Waals surface area contributed by atoms with Crippen molar-refractivity contribution in [3.63, 3.8) is 0 Å². The van der Waals surface area contributed by atoms with E-state index in [-0.39, 0.29) is 6.54 Å². The summed E-state index contributed by atoms with van der Waals surface area (Å²) in [5.74, 6) is 0. The lowest BCUT2D eigenvalue weighted by Gasteiger charge is -2.20. The van der Waals surface area contributed by atoms with Crippen LogP contribution < -0.4 is 0 Å². The van der Waals surface area contributed by atoms with Crippen LogP contribution in [0.3, 0.4) is 0 Å². The van der Waals surface area contributed by atoms with E-state index in [0.717, 1.165) is 0 Å². The third-order valence-electron chi connectivity index (χ3n) is 2.45. The van der Waals surface area contributed by atoms with Crippen LogP contribution in [0.15, 0.2) is 18.2 Å². The molecule has 0 saturated carbocycles. The van der Waals surface area contributed by atoms with Crippen molar-refractivity contribution in [2.45, 2.75) is 25.6 Å². The third kappa shape index (κ3) is 3.35. The van der Waals surface area contributed by atoms with Gasteiger partial charge in [-0.25, -0.2) is 12.7 Å². The molecule has 1 aromatic rings. The fourth-order valence-corrected chi connectivity index (χ4v) is 2.78. The first-order valence-electron chi connectivity index (χ1n) is 5.15. The van der Waals surface area contributed by atoms with Gasteiger partial charge in [-0.15, -0.1) is 0 Å². The normalized spacial score (nSPS) is 12.4. The topological polar surface area (TPSA) is 37.4 Å². The van der Waals surface area contributed by atoms with Crippen molar-refractivity contribution >= 4 is 33.2 Å². The van der Waals surface area contributed by atoms with Gasteiger partial charge >= 0.3 is 0 Å². The largest absolute Gasteiger partial charge is 0.216 e. The van der Waals surface area contributed by atoms with Crippen molar-refractivity contribution in [3.8, 4) is 0 Å². The molecule has 0 bridgehead atoms. The first kappa shape index (κ1) is 14.8. The van der Waals surface area contributed by atoms with Crippen LogP contribution in [0.2, 0.25) is 10.0 Å². The van der Waals surface area contributed by atoms with Crippen LogP contribution in [0.4, 0.5) is 0 Å². The molecule has 1 rings (SSSR count). The molecule has 0 atom stereocenters. The Kier molecular flexibility index (Phi) is 4.84. The van der Waals surface area contributed by atoms with Gasteiger partial charge in [0, 0.05) is 13.6 Å². The van der Waals surface area contributed by atoms with E-state index >= 15 is 0 Å². The maximum atomic E-state index is 11.9. The zero-order valence-corrected chi connectivity index (χ0v) is 12.3. The minimum Gasteiger partial charge on any atom is -0.212 e. The minimum absolute atomic E-state index is 0.222. The highest BCUT2D eigenvalue weighted by molar-refractivity contribution is 7.89. The Hall–Kier alpha value is -0.290. The number of rotatable bonds is 4. The number of benzene rings is 1. The van der Waals surface area contributed by atoms with Crippen LogP contribution >= 0.6 is 23.2 Å². The highest BCUT2D eigenvalue weighted by Crippen LogP contribution is 2.27. The van der Waals surface area contributed by atoms with E-state index in [1.807, 2.05) is 0 Å². The van der Waals surface area contributed by atoms with Crippen molar-refractivity contribution in [2.75, 3.05) is 7.05 Å². The van der Waals surface area contributed by atoms with Gasteiger partial charge in [-0.2, -0.15) is 0 Å². The molecule has 17 heavy (non-hydrogen) atoms. The molecule has 0 unspecified atom stereocenters. The molecule has 0 fully saturated rings. The zero-order chi connectivity index (χ0) is 13.2. The lowest BCUT2D eigenvalue weighted by molar-refractivity contribution is 0.460. The number of halogens is 2. The van der Waals surface area contributed by atoms with Crippen LogP contribution in [0.25, 0.3) is 0 Å². The van der Waals surface area contributed by atoms with Gasteiger partial charge < -0.3 is 0 Å². The fourth-order valence-electron chi connectivity index (χ4n) is 1.36. The SMILES string of the molecule is CC(C)S(=O)(=O)N(C)Cc1cccc(Cl)c1Cl. The molecule has 0 N–H and O–H groups in total. The minimum atomic E-state index is -3.27. The Morgan fingerprint density at radius 1 is 1.29 bits per heavy atom. The van der Waals surface area contributed by atoms with Crippen molar-refractivity contribution in [2.24, 2.45) is 0 Å². The van der Waals surface area contributed by atoms with Crippen molar-refractivity contribution in [1.82, 2.24) is 4.31 Å². The lowest BCUT2D eigenvalue weighted by atomic mass is 10.2. The van der Waals surface area contributed by atoms with Crippen LogP contribution in [0.5, 0.6) is 0 Å². The molecule has 0 radical (unpaired) electrons. The molecule has 1 aromatic carbocycles. The first-order chi connectivity index (χ1) is 7.76. The van der Waals surface area contributed by atoms with Crippen LogP contribution in [-0.4, -0.2) is 25.0 Å². The van der Waals surface area contributed by atoms with Crippen molar-refractivity contribution in [1.29, 1.82) is 0 Å². The van der Waals surface area contributed by atoms with E-state index < -0.39 is 15.3 Å². The second kappa shape index (κ2) is 5.57. The Balaban J connectivity index is 2.97. The molecule has 0 aliphatic rings. The molecule has 0 spiro atoms. The molecule has 96 valence electrons. The second-order valence-electron chi connectivity index (χ2n) is 4.06. The smallest absolute Gasteiger partial charge is 0.212 e. The molecule has 0 heterocycles. The van der Waals surface area contributed by atoms with Crippen molar-refractivity contribution < 1.29 is 8.42 Å². The fraction of sp³-hybridized carbons (Fsp3) is 0.455. The molecular formula is C11H15Cl2NO2S. The molecular weight excluding hydrogens is 281 g/mol. The maximum Gasteiger partial charge on any atom is 0.216 e. The van der Waals surface area contributed by atoms with Crippen molar-refractivity contribution in [3.05, 3.63) is 33.8 Å². The standard InChI is InChI=1S/C11H15Cl2NO2S/c1-8(2)17(15,16)14(3)7-9-5-4-6-10(12)11(9)13/h4-6,8H,7H2,1-3H3. The highest BCUT2D eigenvalue weighted by Gasteiger charge is 2.22. The molecule has 0 aliphatic heterocycles. The number of hydrogen-bond acceptors (Lipinski definition) is 2. The van der Waals surface area contributed by atoms with Crippen LogP contribution in [0.1, 0.15) is 19.4 Å². The van der Waals surface area contributed by atoms with Crippen LogP contribution in [0, 0.1) is 0 Å². The van der Waals surface area contributed by atoms with E-state index in [1.54, 1.807) is 32.0 Å². The monoisotopic (exact) mass is 295 g/mol. The maximum absolute atomic E-state index is 11.9. The Morgan fingerprint density at radius 3 is 2.41 bits per heavy atom. The van der Waals surface area contributed by atoms with Gasteiger partial charge in [-0.1, -0.05) is 35.3 Å². The zero-order valence-electron chi connectivity index (χ0n) is 9.94. The van der Waals surface area contributed by atoms with E-state index in [4.69, 9.17) is 23.2 Å². The molecule has 0 amide bonds. The van der Waals surface area contributed by atoms with E-state index in [2.05, 4.69) is 0 Å². The van der Waals surface area contributed by atoms with Gasteiger partial charge in [0.05, 0.1) is 15.3 Å². The lowest BCUT2D eigenvalue weighted by Crippen LogP contribution is -2.32. The summed E-state index contributed by atoms with van der Waals surface area (Å²) in [6, 6.07) is 5.18. The molecule has 6 heteroatoms. The van der Waals surface area contributed by atoms with E-state index in [9.17, 15) is 8.42 Å². The van der Waals surface area contributed by atoms with Gasteiger partial charge in [0.1, 0.15) is 0 Å². The van der Waals surface area contributed by atoms with Gasteiger partial charge in [0.15, 0.2) is 0 Å². The van der Waals surface area contributed by atoms with E-state index in [0.29, 0.717) is 15.6 Å². The van der Waals surface area contributed by atoms with Gasteiger partial charge in [-0.3, -0.25) is 0 Å². The Morgan fingerprint density at radius 2 is 1.88 bits per heavy atom. The Bertz CT molecular complexity index is 500. The summed E-state index contributed by atoms with van der Waals surface area (Å²) in [7, 11) is -1.74. The molecule has 0 saturated heterocycles. The summed E-state index contributed by atoms with van der Waals surface area (Å²) in [6.45, 7) is 3.51. The summed E-state index contributed by atoms with van der Waals surface area (Å²) < 4.78 is 25.0. The Labute approximate surface area is 112 Å².